The van der Waals surface area contributed by atoms with Crippen LogP contribution in [0, 0.1) is 24.4 Å². The Balaban J connectivity index is 1.83. The molecule has 2 aromatic carbocycles. The Morgan fingerprint density at radius 2 is 1.70 bits per heavy atom. The molecule has 8 heteroatoms. The van der Waals surface area contributed by atoms with Gasteiger partial charge in [-0.25, -0.2) is 18.2 Å². The predicted molar refractivity (Wildman–Crippen MR) is 121 cm³/mol. The highest BCUT2D eigenvalue weighted by Crippen LogP contribution is 2.32. The van der Waals surface area contributed by atoms with E-state index in [4.69, 9.17) is 0 Å². The zero-order valence-electron chi connectivity index (χ0n) is 17.9. The van der Waals surface area contributed by atoms with Gasteiger partial charge in [-0.05, 0) is 61.7 Å². The van der Waals surface area contributed by atoms with Crippen LogP contribution in [-0.4, -0.2) is 20.6 Å². The van der Waals surface area contributed by atoms with Crippen LogP contribution >= 0.6 is 0 Å². The molecule has 1 fully saturated rings. The highest BCUT2D eigenvalue weighted by Gasteiger charge is 2.22. The molecule has 5 nitrogen and oxygen atoms in total. The third-order valence-corrected chi connectivity index (χ3v) is 6.04. The van der Waals surface area contributed by atoms with Crippen molar-refractivity contribution in [2.75, 3.05) is 5.32 Å². The van der Waals surface area contributed by atoms with E-state index >= 15 is 0 Å². The maximum absolute atomic E-state index is 14.7. The first-order chi connectivity index (χ1) is 15.9. The molecule has 0 amide bonds. The van der Waals surface area contributed by atoms with Crippen LogP contribution < -0.4 is 10.9 Å². The molecule has 168 valence electrons. The van der Waals surface area contributed by atoms with Crippen LogP contribution in [-0.2, 0) is 0 Å². The van der Waals surface area contributed by atoms with E-state index in [2.05, 4.69) is 15.3 Å². The maximum Gasteiger partial charge on any atom is 0.256 e. The van der Waals surface area contributed by atoms with Crippen LogP contribution in [0.25, 0.3) is 28.0 Å². The van der Waals surface area contributed by atoms with Gasteiger partial charge in [0.2, 0.25) is 5.95 Å². The van der Waals surface area contributed by atoms with E-state index in [1.807, 2.05) is 0 Å². The van der Waals surface area contributed by atoms with Crippen molar-refractivity contribution in [1.29, 1.82) is 0 Å². The van der Waals surface area contributed by atoms with Crippen molar-refractivity contribution in [3.05, 3.63) is 81.9 Å². The number of fused-ring (bicyclic) bond motifs is 1. The number of nitrogens with zero attached hydrogens (tertiary/aromatic N) is 3. The smallest absolute Gasteiger partial charge is 0.256 e. The molecule has 2 heterocycles. The summed E-state index contributed by atoms with van der Waals surface area (Å²) in [5, 5.41) is 3.72. The lowest BCUT2D eigenvalue weighted by Gasteiger charge is -2.18. The number of para-hydroxylation sites is 1. The fourth-order valence-electron chi connectivity index (χ4n) is 4.45. The van der Waals surface area contributed by atoms with Gasteiger partial charge in [-0.1, -0.05) is 18.9 Å². The van der Waals surface area contributed by atoms with Crippen molar-refractivity contribution >= 4 is 17.0 Å². The minimum atomic E-state index is -0.881. The molecule has 0 bridgehead atoms. The summed E-state index contributed by atoms with van der Waals surface area (Å²) in [6.07, 6.45) is 4.08. The molecule has 0 spiro atoms. The van der Waals surface area contributed by atoms with E-state index < -0.39 is 22.9 Å². The van der Waals surface area contributed by atoms with E-state index in [0.29, 0.717) is 22.2 Å². The molecule has 1 aliphatic carbocycles. The number of pyridine rings is 1. The Labute approximate surface area is 187 Å². The molecule has 33 heavy (non-hydrogen) atoms. The number of aromatic nitrogens is 3. The summed E-state index contributed by atoms with van der Waals surface area (Å²) in [4.78, 5) is 22.1. The minimum Gasteiger partial charge on any atom is -0.351 e. The van der Waals surface area contributed by atoms with Crippen LogP contribution in [0.2, 0.25) is 0 Å². The van der Waals surface area contributed by atoms with E-state index in [1.165, 1.54) is 30.3 Å². The number of rotatable bonds is 4. The van der Waals surface area contributed by atoms with Gasteiger partial charge in [-0.15, -0.1) is 0 Å². The standard InChI is InChI=1S/C25H21F3N4O/c1-14-13-15(26)9-10-17(14)22-18-11-12-21(33)32(23-19(27)7-4-8-20(23)28)24(18)31-25(30-22)29-16-5-2-3-6-16/h4,7-13,16H,2-3,5-6H2,1H3,(H,29,30,31). The topological polar surface area (TPSA) is 59.8 Å². The summed E-state index contributed by atoms with van der Waals surface area (Å²) in [5.74, 6) is -1.89. The van der Waals surface area contributed by atoms with E-state index in [1.54, 1.807) is 13.0 Å². The van der Waals surface area contributed by atoms with Gasteiger partial charge < -0.3 is 5.32 Å². The summed E-state index contributed by atoms with van der Waals surface area (Å²) in [6.45, 7) is 1.75. The van der Waals surface area contributed by atoms with Crippen LogP contribution in [0.5, 0.6) is 0 Å². The van der Waals surface area contributed by atoms with Crippen molar-refractivity contribution in [2.45, 2.75) is 38.6 Å². The second-order valence-corrected chi connectivity index (χ2v) is 8.30. The van der Waals surface area contributed by atoms with Crippen molar-refractivity contribution in [2.24, 2.45) is 0 Å². The Kier molecular flexibility index (Phi) is 5.36. The zero-order chi connectivity index (χ0) is 23.1. The van der Waals surface area contributed by atoms with Gasteiger partial charge in [0.15, 0.2) is 5.65 Å². The molecule has 2 aromatic heterocycles. The Bertz CT molecular complexity index is 1410. The maximum atomic E-state index is 14.7. The normalized spacial score (nSPS) is 14.2. The van der Waals surface area contributed by atoms with Crippen LogP contribution in [0.1, 0.15) is 31.2 Å². The number of hydrogen-bond donors (Lipinski definition) is 1. The first-order valence-electron chi connectivity index (χ1n) is 10.8. The summed E-state index contributed by atoms with van der Waals surface area (Å²) < 4.78 is 44.1. The van der Waals surface area contributed by atoms with Gasteiger partial charge in [0.25, 0.3) is 5.56 Å². The number of hydrogen-bond acceptors (Lipinski definition) is 4. The summed E-state index contributed by atoms with van der Waals surface area (Å²) >= 11 is 0. The second-order valence-electron chi connectivity index (χ2n) is 8.30. The Hall–Kier alpha value is -3.68. The van der Waals surface area contributed by atoms with Gasteiger partial charge in [0, 0.05) is 23.1 Å². The average Bonchev–Trinajstić information content (AvgIpc) is 3.28. The van der Waals surface area contributed by atoms with Gasteiger partial charge >= 0.3 is 0 Å². The molecular formula is C25H21F3N4O. The fourth-order valence-corrected chi connectivity index (χ4v) is 4.45. The van der Waals surface area contributed by atoms with Crippen molar-refractivity contribution < 1.29 is 13.2 Å². The van der Waals surface area contributed by atoms with E-state index in [-0.39, 0.29) is 23.5 Å². The second kappa shape index (κ2) is 8.35. The summed E-state index contributed by atoms with van der Waals surface area (Å²) in [6, 6.07) is 10.7. The average molecular weight is 450 g/mol. The molecule has 0 radical (unpaired) electrons. The summed E-state index contributed by atoms with van der Waals surface area (Å²) in [5.41, 5.74) is 0.664. The molecule has 4 aromatic rings. The van der Waals surface area contributed by atoms with Crippen LogP contribution in [0.15, 0.2) is 53.3 Å². The number of aryl methyl sites for hydroxylation is 1. The molecule has 0 atom stereocenters. The molecule has 1 saturated carbocycles. The molecule has 5 rings (SSSR count). The highest BCUT2D eigenvalue weighted by atomic mass is 19.1. The highest BCUT2D eigenvalue weighted by molar-refractivity contribution is 5.93. The fraction of sp³-hybridized carbons (Fsp3) is 0.240. The van der Waals surface area contributed by atoms with Crippen molar-refractivity contribution in [3.8, 4) is 16.9 Å². The number of nitrogens with one attached hydrogen (secondary N) is 1. The third-order valence-electron chi connectivity index (χ3n) is 6.04. The molecular weight excluding hydrogens is 429 g/mol. The molecule has 1 N–H and O–H groups in total. The van der Waals surface area contributed by atoms with E-state index in [0.717, 1.165) is 42.4 Å². The predicted octanol–water partition coefficient (Wildman–Crippen LogP) is 5.53. The molecule has 0 aliphatic heterocycles. The lowest BCUT2D eigenvalue weighted by Crippen LogP contribution is -2.23. The van der Waals surface area contributed by atoms with Gasteiger partial charge in [-0.3, -0.25) is 9.36 Å². The van der Waals surface area contributed by atoms with Crippen LogP contribution in [0.4, 0.5) is 19.1 Å². The Morgan fingerprint density at radius 1 is 0.970 bits per heavy atom. The quantitative estimate of drug-likeness (QED) is 0.444. The SMILES string of the molecule is Cc1cc(F)ccc1-c1nc(NC2CCCC2)nc2c1ccc(=O)n2-c1c(F)cccc1F. The third kappa shape index (κ3) is 3.86. The molecule has 1 aliphatic rings. The van der Waals surface area contributed by atoms with Gasteiger partial charge in [0.1, 0.15) is 23.1 Å². The Morgan fingerprint density at radius 3 is 2.39 bits per heavy atom. The van der Waals surface area contributed by atoms with Crippen molar-refractivity contribution in [1.82, 2.24) is 14.5 Å². The van der Waals surface area contributed by atoms with Crippen LogP contribution in [0.3, 0.4) is 0 Å². The number of benzene rings is 2. The van der Waals surface area contributed by atoms with Gasteiger partial charge in [0.05, 0.1) is 5.69 Å². The van der Waals surface area contributed by atoms with E-state index in [9.17, 15) is 18.0 Å². The first kappa shape index (κ1) is 21.2. The van der Waals surface area contributed by atoms with Gasteiger partial charge in [-0.2, -0.15) is 4.98 Å². The molecule has 0 unspecified atom stereocenters. The lowest BCUT2D eigenvalue weighted by atomic mass is 10.0. The monoisotopic (exact) mass is 450 g/mol. The largest absolute Gasteiger partial charge is 0.351 e. The number of halogens is 3. The number of anilines is 1. The van der Waals surface area contributed by atoms with Crippen molar-refractivity contribution in [3.63, 3.8) is 0 Å². The summed E-state index contributed by atoms with van der Waals surface area (Å²) in [7, 11) is 0. The zero-order valence-corrected chi connectivity index (χ0v) is 17.9. The minimum absolute atomic E-state index is 0.0701. The lowest BCUT2D eigenvalue weighted by molar-refractivity contribution is 0.568. The first-order valence-corrected chi connectivity index (χ1v) is 10.8. The molecule has 0 saturated heterocycles.